The van der Waals surface area contributed by atoms with Crippen LogP contribution >= 0.6 is 0 Å². The Balaban J connectivity index is 1.52. The molecule has 0 atom stereocenters. The number of hydrogen-bond donors (Lipinski definition) is 2. The number of hydrogen-bond acceptors (Lipinski definition) is 4. The van der Waals surface area contributed by atoms with Crippen LogP contribution in [0.2, 0.25) is 0 Å². The number of rotatable bonds is 4. The van der Waals surface area contributed by atoms with Crippen LogP contribution < -0.4 is 20.1 Å². The number of urea groups is 1. The molecule has 0 unspecified atom stereocenters. The highest BCUT2D eigenvalue weighted by atomic mass is 16.6. The van der Waals surface area contributed by atoms with E-state index in [-0.39, 0.29) is 6.03 Å². The Labute approximate surface area is 140 Å². The lowest BCUT2D eigenvalue weighted by Gasteiger charge is -2.19. The molecule has 2 heterocycles. The lowest BCUT2D eigenvalue weighted by Crippen LogP contribution is -2.30. The van der Waals surface area contributed by atoms with Gasteiger partial charge in [0.15, 0.2) is 11.5 Å². The number of anilines is 1. The van der Waals surface area contributed by atoms with Crippen molar-refractivity contribution in [2.75, 3.05) is 25.1 Å². The molecule has 1 aromatic heterocycles. The Morgan fingerprint density at radius 1 is 1.25 bits per heavy atom. The second kappa shape index (κ2) is 6.82. The number of ether oxygens (including phenoxy) is 2. The molecule has 0 saturated heterocycles. The molecule has 2 amide bonds. The fraction of sp³-hybridized carbons (Fsp3) is 0.412. The molecule has 0 fully saturated rings. The number of nitrogens with one attached hydrogen (secondary N) is 2. The summed E-state index contributed by atoms with van der Waals surface area (Å²) in [6, 6.07) is 5.12. The average molecular weight is 330 g/mol. The van der Waals surface area contributed by atoms with E-state index in [1.54, 1.807) is 18.2 Å². The minimum Gasteiger partial charge on any atom is -0.486 e. The number of nitrogens with zero attached hydrogens (tertiary/aromatic N) is 2. The average Bonchev–Trinajstić information content (AvgIpc) is 2.81. The first-order chi connectivity index (χ1) is 11.5. The Morgan fingerprint density at radius 3 is 2.71 bits per heavy atom. The van der Waals surface area contributed by atoms with Crippen LogP contribution in [0.5, 0.6) is 11.5 Å². The third-order valence-electron chi connectivity index (χ3n) is 4.12. The van der Waals surface area contributed by atoms with Gasteiger partial charge in [0.1, 0.15) is 13.2 Å². The maximum atomic E-state index is 12.0. The maximum Gasteiger partial charge on any atom is 0.319 e. The molecular formula is C17H22N4O3. The molecule has 1 aliphatic heterocycles. The highest BCUT2D eigenvalue weighted by Crippen LogP contribution is 2.32. The van der Waals surface area contributed by atoms with Crippen LogP contribution in [0.25, 0.3) is 0 Å². The largest absolute Gasteiger partial charge is 0.486 e. The van der Waals surface area contributed by atoms with Crippen molar-refractivity contribution in [2.45, 2.75) is 20.3 Å². The summed E-state index contributed by atoms with van der Waals surface area (Å²) in [5, 5.41) is 10.1. The summed E-state index contributed by atoms with van der Waals surface area (Å²) in [5.41, 5.74) is 3.98. The number of amides is 2. The fourth-order valence-corrected chi connectivity index (χ4v) is 2.78. The van der Waals surface area contributed by atoms with Gasteiger partial charge in [-0.3, -0.25) is 4.68 Å². The third kappa shape index (κ3) is 3.45. The summed E-state index contributed by atoms with van der Waals surface area (Å²) in [7, 11) is 1.92. The zero-order valence-electron chi connectivity index (χ0n) is 14.2. The van der Waals surface area contributed by atoms with E-state index in [1.165, 1.54) is 5.56 Å². The van der Waals surface area contributed by atoms with Crippen molar-refractivity contribution < 1.29 is 14.3 Å². The van der Waals surface area contributed by atoms with Crippen molar-refractivity contribution in [2.24, 2.45) is 7.05 Å². The number of carbonyl (C=O) groups is 1. The van der Waals surface area contributed by atoms with Crippen LogP contribution in [-0.4, -0.2) is 35.6 Å². The first-order valence-electron chi connectivity index (χ1n) is 7.98. The van der Waals surface area contributed by atoms with Gasteiger partial charge < -0.3 is 20.1 Å². The van der Waals surface area contributed by atoms with E-state index in [4.69, 9.17) is 9.47 Å². The van der Waals surface area contributed by atoms with Crippen molar-refractivity contribution in [1.82, 2.24) is 15.1 Å². The lowest BCUT2D eigenvalue weighted by molar-refractivity contribution is 0.171. The van der Waals surface area contributed by atoms with Crippen LogP contribution in [-0.2, 0) is 13.5 Å². The van der Waals surface area contributed by atoms with Gasteiger partial charge in [-0.15, -0.1) is 0 Å². The van der Waals surface area contributed by atoms with Gasteiger partial charge in [0, 0.05) is 31.0 Å². The van der Waals surface area contributed by atoms with Crippen LogP contribution in [0.1, 0.15) is 17.0 Å². The van der Waals surface area contributed by atoms with Crippen LogP contribution in [0, 0.1) is 13.8 Å². The SMILES string of the molecule is Cc1nn(C)c(C)c1CCNC(=O)Nc1ccc2c(c1)OCCO2. The predicted octanol–water partition coefficient (Wildman–Crippen LogP) is 2.17. The molecule has 0 aliphatic carbocycles. The fourth-order valence-electron chi connectivity index (χ4n) is 2.78. The summed E-state index contributed by atoms with van der Waals surface area (Å²) >= 11 is 0. The Kier molecular flexibility index (Phi) is 4.59. The minimum atomic E-state index is -0.245. The van der Waals surface area contributed by atoms with Gasteiger partial charge in [0.05, 0.1) is 5.69 Å². The normalized spacial score (nSPS) is 12.8. The first-order valence-corrected chi connectivity index (χ1v) is 7.98. The van der Waals surface area contributed by atoms with Crippen LogP contribution in [0.4, 0.5) is 10.5 Å². The molecule has 0 bridgehead atoms. The molecule has 1 aliphatic rings. The van der Waals surface area contributed by atoms with E-state index < -0.39 is 0 Å². The molecule has 128 valence electrons. The maximum absolute atomic E-state index is 12.0. The number of fused-ring (bicyclic) bond motifs is 1. The van der Waals surface area contributed by atoms with Gasteiger partial charge in [-0.2, -0.15) is 5.10 Å². The highest BCUT2D eigenvalue weighted by molar-refractivity contribution is 5.89. The van der Waals surface area contributed by atoms with Gasteiger partial charge in [-0.25, -0.2) is 4.79 Å². The Bertz CT molecular complexity index is 755. The van der Waals surface area contributed by atoms with Gasteiger partial charge >= 0.3 is 6.03 Å². The summed E-state index contributed by atoms with van der Waals surface area (Å²) in [5.74, 6) is 1.36. The van der Waals surface area contributed by atoms with Gasteiger partial charge in [-0.1, -0.05) is 0 Å². The van der Waals surface area contributed by atoms with Crippen molar-refractivity contribution in [1.29, 1.82) is 0 Å². The topological polar surface area (TPSA) is 77.4 Å². The summed E-state index contributed by atoms with van der Waals surface area (Å²) in [6.45, 7) is 5.63. The van der Waals surface area contributed by atoms with Crippen LogP contribution in [0.15, 0.2) is 18.2 Å². The molecule has 0 saturated carbocycles. The van der Waals surface area contributed by atoms with Gasteiger partial charge in [0.25, 0.3) is 0 Å². The highest BCUT2D eigenvalue weighted by Gasteiger charge is 2.13. The van der Waals surface area contributed by atoms with Crippen LogP contribution in [0.3, 0.4) is 0 Å². The summed E-state index contributed by atoms with van der Waals surface area (Å²) < 4.78 is 12.8. The minimum absolute atomic E-state index is 0.245. The predicted molar refractivity (Wildman–Crippen MR) is 90.8 cm³/mol. The number of benzene rings is 1. The zero-order chi connectivity index (χ0) is 17.1. The molecule has 2 N–H and O–H groups in total. The quantitative estimate of drug-likeness (QED) is 0.901. The zero-order valence-corrected chi connectivity index (χ0v) is 14.2. The Hall–Kier alpha value is -2.70. The second-order valence-electron chi connectivity index (χ2n) is 5.76. The van der Waals surface area contributed by atoms with E-state index in [1.807, 2.05) is 25.6 Å². The first kappa shape index (κ1) is 16.2. The van der Waals surface area contributed by atoms with Gasteiger partial charge in [0.2, 0.25) is 0 Å². The smallest absolute Gasteiger partial charge is 0.319 e. The molecule has 7 heteroatoms. The molecule has 7 nitrogen and oxygen atoms in total. The standard InChI is InChI=1S/C17H22N4O3/c1-11-14(12(2)21(3)20-11)6-7-18-17(22)19-13-4-5-15-16(10-13)24-9-8-23-15/h4-5,10H,6-9H2,1-3H3,(H2,18,19,22). The van der Waals surface area contributed by atoms with E-state index in [0.29, 0.717) is 36.9 Å². The third-order valence-corrected chi connectivity index (χ3v) is 4.12. The molecule has 24 heavy (non-hydrogen) atoms. The van der Waals surface area contributed by atoms with E-state index in [0.717, 1.165) is 17.8 Å². The number of aromatic nitrogens is 2. The number of aryl methyl sites for hydroxylation is 2. The van der Waals surface area contributed by atoms with E-state index in [2.05, 4.69) is 15.7 Å². The molecule has 0 spiro atoms. The van der Waals surface area contributed by atoms with Gasteiger partial charge in [-0.05, 0) is 38.0 Å². The van der Waals surface area contributed by atoms with Crippen molar-refractivity contribution in [3.63, 3.8) is 0 Å². The summed E-state index contributed by atoms with van der Waals surface area (Å²) in [6.07, 6.45) is 0.750. The number of carbonyl (C=O) groups excluding carboxylic acids is 1. The van der Waals surface area contributed by atoms with Crippen molar-refractivity contribution in [3.8, 4) is 11.5 Å². The molecule has 3 rings (SSSR count). The van der Waals surface area contributed by atoms with Crippen molar-refractivity contribution >= 4 is 11.7 Å². The molecule has 2 aromatic rings. The van der Waals surface area contributed by atoms with E-state index >= 15 is 0 Å². The molecular weight excluding hydrogens is 308 g/mol. The summed E-state index contributed by atoms with van der Waals surface area (Å²) in [4.78, 5) is 12.0. The lowest BCUT2D eigenvalue weighted by atomic mass is 10.1. The monoisotopic (exact) mass is 330 g/mol. The second-order valence-corrected chi connectivity index (χ2v) is 5.76. The Morgan fingerprint density at radius 2 is 2.00 bits per heavy atom. The molecule has 1 aromatic carbocycles. The van der Waals surface area contributed by atoms with Crippen molar-refractivity contribution in [3.05, 3.63) is 35.2 Å². The molecule has 0 radical (unpaired) electrons. The van der Waals surface area contributed by atoms with E-state index in [9.17, 15) is 4.79 Å².